The molecule has 0 unspecified atom stereocenters. The number of anilines is 3. The summed E-state index contributed by atoms with van der Waals surface area (Å²) in [6.45, 7) is 4.69. The van der Waals surface area contributed by atoms with Crippen molar-refractivity contribution in [1.29, 1.82) is 0 Å². The molecule has 4 heteroatoms. The molecule has 0 atom stereocenters. The number of rotatable bonds is 1. The van der Waals surface area contributed by atoms with Gasteiger partial charge >= 0.3 is 0 Å². The van der Waals surface area contributed by atoms with E-state index in [4.69, 9.17) is 14.7 Å². The molecule has 41 heavy (non-hydrogen) atoms. The van der Waals surface area contributed by atoms with E-state index in [-0.39, 0.29) is 5.41 Å². The van der Waals surface area contributed by atoms with Gasteiger partial charge < -0.3 is 9.64 Å². The predicted octanol–water partition coefficient (Wildman–Crippen LogP) is 9.82. The second-order valence-electron chi connectivity index (χ2n) is 11.5. The Morgan fingerprint density at radius 1 is 0.561 bits per heavy atom. The van der Waals surface area contributed by atoms with Gasteiger partial charge in [-0.25, -0.2) is 0 Å². The highest BCUT2D eigenvalue weighted by Gasteiger charge is 2.37. The molecule has 0 spiro atoms. The molecule has 0 N–H and O–H groups in total. The molecular formula is C37H25N3O. The maximum Gasteiger partial charge on any atom is 0.151 e. The Labute approximate surface area is 237 Å². The van der Waals surface area contributed by atoms with Gasteiger partial charge in [0.05, 0.1) is 22.4 Å². The van der Waals surface area contributed by atoms with Crippen LogP contribution in [0.1, 0.15) is 25.0 Å². The first-order chi connectivity index (χ1) is 20.1. The van der Waals surface area contributed by atoms with Gasteiger partial charge in [-0.2, -0.15) is 0 Å². The fourth-order valence-electron chi connectivity index (χ4n) is 6.97. The van der Waals surface area contributed by atoms with Crippen LogP contribution in [-0.4, -0.2) is 9.97 Å². The van der Waals surface area contributed by atoms with Crippen LogP contribution in [-0.2, 0) is 5.41 Å². The van der Waals surface area contributed by atoms with Crippen LogP contribution < -0.4 is 9.64 Å². The summed E-state index contributed by atoms with van der Waals surface area (Å²) in [6.07, 6.45) is 3.59. The van der Waals surface area contributed by atoms with Crippen LogP contribution in [0.25, 0.3) is 43.7 Å². The summed E-state index contributed by atoms with van der Waals surface area (Å²) in [5, 5.41) is 4.73. The van der Waals surface area contributed by atoms with Crippen LogP contribution in [0, 0.1) is 0 Å². The van der Waals surface area contributed by atoms with E-state index in [0.717, 1.165) is 50.4 Å². The highest BCUT2D eigenvalue weighted by Crippen LogP contribution is 2.55. The molecule has 1 aliphatic carbocycles. The number of benzene rings is 6. The van der Waals surface area contributed by atoms with E-state index in [1.54, 1.807) is 12.4 Å². The van der Waals surface area contributed by atoms with Crippen molar-refractivity contribution in [2.24, 2.45) is 0 Å². The molecule has 4 nitrogen and oxygen atoms in total. The van der Waals surface area contributed by atoms with Crippen molar-refractivity contribution in [2.75, 3.05) is 4.90 Å². The molecule has 0 amide bonds. The maximum absolute atomic E-state index is 6.28. The molecule has 9 rings (SSSR count). The van der Waals surface area contributed by atoms with E-state index in [2.05, 4.69) is 97.6 Å². The first-order valence-corrected chi connectivity index (χ1v) is 14.0. The number of hydrogen-bond donors (Lipinski definition) is 0. The monoisotopic (exact) mass is 527 g/mol. The molecule has 6 aromatic carbocycles. The Morgan fingerprint density at radius 2 is 1.17 bits per heavy atom. The zero-order chi connectivity index (χ0) is 27.3. The summed E-state index contributed by atoms with van der Waals surface area (Å²) >= 11 is 0. The summed E-state index contributed by atoms with van der Waals surface area (Å²) in [7, 11) is 0. The van der Waals surface area contributed by atoms with Crippen molar-refractivity contribution in [1.82, 2.24) is 9.97 Å². The number of para-hydroxylation sites is 4. The van der Waals surface area contributed by atoms with Crippen molar-refractivity contribution < 1.29 is 4.74 Å². The first-order valence-electron chi connectivity index (χ1n) is 14.0. The Hall–Kier alpha value is -5.22. The van der Waals surface area contributed by atoms with Crippen LogP contribution >= 0.6 is 0 Å². The SMILES string of the molecule is CC1(C)c2cc(N3c4ccccc4Oc4ccccc43)ccc2-c2cc3c(cc21)c1ccccc1c1nccnc31. The van der Waals surface area contributed by atoms with E-state index in [9.17, 15) is 0 Å². The number of hydrogen-bond acceptors (Lipinski definition) is 4. The molecular weight excluding hydrogens is 502 g/mol. The average molecular weight is 528 g/mol. The van der Waals surface area contributed by atoms with Gasteiger partial charge in [0.1, 0.15) is 0 Å². The van der Waals surface area contributed by atoms with E-state index >= 15 is 0 Å². The summed E-state index contributed by atoms with van der Waals surface area (Å²) in [4.78, 5) is 11.9. The van der Waals surface area contributed by atoms with Gasteiger partial charge in [0, 0.05) is 34.3 Å². The van der Waals surface area contributed by atoms with Gasteiger partial charge in [0.15, 0.2) is 11.5 Å². The lowest BCUT2D eigenvalue weighted by molar-refractivity contribution is 0.477. The molecule has 2 heterocycles. The van der Waals surface area contributed by atoms with Gasteiger partial charge in [0.25, 0.3) is 0 Å². The van der Waals surface area contributed by atoms with Crippen LogP contribution in [0.3, 0.4) is 0 Å². The maximum atomic E-state index is 6.28. The lowest BCUT2D eigenvalue weighted by atomic mass is 9.81. The number of aromatic nitrogens is 2. The average Bonchev–Trinajstić information content (AvgIpc) is 3.24. The quantitative estimate of drug-likeness (QED) is 0.199. The molecule has 0 bridgehead atoms. The molecule has 0 saturated carbocycles. The van der Waals surface area contributed by atoms with Crippen LogP contribution in [0.15, 0.2) is 116 Å². The summed E-state index contributed by atoms with van der Waals surface area (Å²) < 4.78 is 6.28. The highest BCUT2D eigenvalue weighted by atomic mass is 16.5. The normalized spacial score (nSPS) is 14.4. The summed E-state index contributed by atoms with van der Waals surface area (Å²) in [6, 6.07) is 36.7. The Balaban J connectivity index is 1.30. The van der Waals surface area contributed by atoms with Crippen molar-refractivity contribution in [3.8, 4) is 22.6 Å². The Bertz CT molecular complexity index is 2190. The lowest BCUT2D eigenvalue weighted by Crippen LogP contribution is -2.18. The van der Waals surface area contributed by atoms with Crippen molar-refractivity contribution in [3.63, 3.8) is 0 Å². The number of nitrogens with zero attached hydrogens (tertiary/aromatic N) is 3. The van der Waals surface area contributed by atoms with E-state index in [1.807, 2.05) is 24.3 Å². The van der Waals surface area contributed by atoms with Gasteiger partial charge in [-0.1, -0.05) is 68.4 Å². The van der Waals surface area contributed by atoms with E-state index in [1.165, 1.54) is 33.0 Å². The molecule has 1 aliphatic heterocycles. The molecule has 0 saturated heterocycles. The lowest BCUT2D eigenvalue weighted by Gasteiger charge is -2.33. The van der Waals surface area contributed by atoms with Gasteiger partial charge in [0.2, 0.25) is 0 Å². The molecule has 1 aromatic heterocycles. The molecule has 194 valence electrons. The Morgan fingerprint density at radius 3 is 1.90 bits per heavy atom. The summed E-state index contributed by atoms with van der Waals surface area (Å²) in [5.74, 6) is 1.72. The topological polar surface area (TPSA) is 38.2 Å². The zero-order valence-corrected chi connectivity index (χ0v) is 22.7. The first kappa shape index (κ1) is 22.6. The molecule has 7 aromatic rings. The number of fused-ring (bicyclic) bond motifs is 11. The summed E-state index contributed by atoms with van der Waals surface area (Å²) in [5.41, 5.74) is 10.1. The van der Waals surface area contributed by atoms with E-state index in [0.29, 0.717) is 0 Å². The third-order valence-electron chi connectivity index (χ3n) is 8.91. The molecule has 2 aliphatic rings. The second kappa shape index (κ2) is 7.92. The third-order valence-corrected chi connectivity index (χ3v) is 8.91. The molecule has 0 fully saturated rings. The fraction of sp³-hybridized carbons (Fsp3) is 0.0811. The Kier molecular flexibility index (Phi) is 4.36. The van der Waals surface area contributed by atoms with Gasteiger partial charge in [-0.05, 0) is 81.6 Å². The minimum Gasteiger partial charge on any atom is -0.453 e. The highest BCUT2D eigenvalue weighted by molar-refractivity contribution is 6.24. The van der Waals surface area contributed by atoms with Gasteiger partial charge in [-0.3, -0.25) is 9.97 Å². The smallest absolute Gasteiger partial charge is 0.151 e. The van der Waals surface area contributed by atoms with E-state index < -0.39 is 0 Å². The van der Waals surface area contributed by atoms with Crippen LogP contribution in [0.4, 0.5) is 17.1 Å². The van der Waals surface area contributed by atoms with Crippen molar-refractivity contribution >= 4 is 49.6 Å². The number of ether oxygens (including phenoxy) is 1. The van der Waals surface area contributed by atoms with Crippen molar-refractivity contribution in [3.05, 3.63) is 127 Å². The van der Waals surface area contributed by atoms with Gasteiger partial charge in [-0.15, -0.1) is 0 Å². The van der Waals surface area contributed by atoms with Crippen LogP contribution in [0.5, 0.6) is 11.5 Å². The fourth-order valence-corrected chi connectivity index (χ4v) is 6.97. The minimum absolute atomic E-state index is 0.182. The predicted molar refractivity (Wildman–Crippen MR) is 167 cm³/mol. The third kappa shape index (κ3) is 2.99. The molecule has 0 radical (unpaired) electrons. The second-order valence-corrected chi connectivity index (χ2v) is 11.5. The van der Waals surface area contributed by atoms with Crippen LogP contribution in [0.2, 0.25) is 0 Å². The van der Waals surface area contributed by atoms with Crippen molar-refractivity contribution in [2.45, 2.75) is 19.3 Å². The zero-order valence-electron chi connectivity index (χ0n) is 22.7. The largest absolute Gasteiger partial charge is 0.453 e. The standard InChI is InChI=1S/C37H25N3O/c1-37(2)29-19-22(40-31-11-5-7-13-33(31)41-34-14-8-6-12-32(34)40)15-16-24(29)27-20-28-26(21-30(27)37)23-9-3-4-10-25(23)35-36(28)39-18-17-38-35/h3-21H,1-2H3. The minimum atomic E-state index is -0.182.